The van der Waals surface area contributed by atoms with E-state index in [2.05, 4.69) is 21.7 Å². The Kier molecular flexibility index (Phi) is 7.08. The van der Waals surface area contributed by atoms with Gasteiger partial charge in [-0.1, -0.05) is 0 Å². The van der Waals surface area contributed by atoms with Crippen molar-refractivity contribution >= 4 is 29.1 Å². The van der Waals surface area contributed by atoms with Crippen LogP contribution in [0.2, 0.25) is 0 Å². The van der Waals surface area contributed by atoms with Crippen LogP contribution in [0.4, 0.5) is 11.4 Å². The second-order valence-electron chi connectivity index (χ2n) is 5.87. The number of nitro groups is 2. The van der Waals surface area contributed by atoms with Gasteiger partial charge in [0.1, 0.15) is 6.04 Å². The van der Waals surface area contributed by atoms with E-state index in [4.69, 9.17) is 0 Å². The number of non-ortho nitro benzene ring substituents is 2. The standard InChI is InChI=1S/C17H16N6O7/c1-10(18-20-16(25)11-2-6-13(7-3-11)22(27)28)15(24)19-21-17(26)12-4-8-14(9-5-12)23(29)30/h2-10,18H,1H3,(H,19,24)(H,20,25)(H,21,26)/t10-/m1/s1. The zero-order valence-electron chi connectivity index (χ0n) is 15.4. The molecule has 0 heterocycles. The Morgan fingerprint density at radius 1 is 0.733 bits per heavy atom. The summed E-state index contributed by atoms with van der Waals surface area (Å²) in [5.74, 6) is -2.01. The van der Waals surface area contributed by atoms with Crippen molar-refractivity contribution in [2.24, 2.45) is 0 Å². The molecular formula is C17H16N6O7. The van der Waals surface area contributed by atoms with E-state index in [1.54, 1.807) is 0 Å². The van der Waals surface area contributed by atoms with Crippen LogP contribution in [0.5, 0.6) is 0 Å². The molecule has 0 saturated carbocycles. The molecule has 0 saturated heterocycles. The fourth-order valence-electron chi connectivity index (χ4n) is 2.08. The molecule has 0 fully saturated rings. The molecule has 0 aromatic heterocycles. The maximum atomic E-state index is 12.0. The number of amides is 3. The Hall–Kier alpha value is -4.39. The van der Waals surface area contributed by atoms with Gasteiger partial charge in [0.05, 0.1) is 9.85 Å². The van der Waals surface area contributed by atoms with E-state index < -0.39 is 33.6 Å². The molecule has 2 aromatic carbocycles. The SMILES string of the molecule is C[C@@H](NNC(=O)c1ccc([N+](=O)[O-])cc1)C(=O)NNC(=O)c1ccc([N+](=O)[O-])cc1. The summed E-state index contributed by atoms with van der Waals surface area (Å²) in [4.78, 5) is 55.9. The van der Waals surface area contributed by atoms with Gasteiger partial charge in [-0.2, -0.15) is 0 Å². The van der Waals surface area contributed by atoms with Crippen LogP contribution in [0.1, 0.15) is 27.6 Å². The van der Waals surface area contributed by atoms with Crippen molar-refractivity contribution in [2.75, 3.05) is 0 Å². The number of benzene rings is 2. The fraction of sp³-hybridized carbons (Fsp3) is 0.118. The quantitative estimate of drug-likeness (QED) is 0.373. The van der Waals surface area contributed by atoms with Crippen molar-refractivity contribution in [1.29, 1.82) is 0 Å². The van der Waals surface area contributed by atoms with Gasteiger partial charge >= 0.3 is 0 Å². The molecule has 13 nitrogen and oxygen atoms in total. The fourth-order valence-corrected chi connectivity index (χ4v) is 2.08. The second-order valence-corrected chi connectivity index (χ2v) is 5.87. The smallest absolute Gasteiger partial charge is 0.269 e. The van der Waals surface area contributed by atoms with Gasteiger partial charge in [0.15, 0.2) is 0 Å². The first-order chi connectivity index (χ1) is 14.2. The summed E-state index contributed by atoms with van der Waals surface area (Å²) in [6.45, 7) is 1.41. The van der Waals surface area contributed by atoms with E-state index in [1.807, 2.05) is 0 Å². The summed E-state index contributed by atoms with van der Waals surface area (Å²) in [7, 11) is 0. The Labute approximate surface area is 168 Å². The van der Waals surface area contributed by atoms with Crippen molar-refractivity contribution in [1.82, 2.24) is 21.7 Å². The first-order valence-corrected chi connectivity index (χ1v) is 8.34. The van der Waals surface area contributed by atoms with Crippen LogP contribution in [0.25, 0.3) is 0 Å². The van der Waals surface area contributed by atoms with Crippen LogP contribution in [-0.4, -0.2) is 33.6 Å². The zero-order chi connectivity index (χ0) is 22.3. The third kappa shape index (κ3) is 5.80. The molecular weight excluding hydrogens is 400 g/mol. The maximum absolute atomic E-state index is 12.0. The molecule has 30 heavy (non-hydrogen) atoms. The molecule has 2 aromatic rings. The first-order valence-electron chi connectivity index (χ1n) is 8.34. The van der Waals surface area contributed by atoms with E-state index >= 15 is 0 Å². The normalized spacial score (nSPS) is 11.1. The largest absolute Gasteiger partial charge is 0.287 e. The summed E-state index contributed by atoms with van der Waals surface area (Å²) in [5, 5.41) is 21.2. The van der Waals surface area contributed by atoms with Crippen LogP contribution in [-0.2, 0) is 4.79 Å². The number of rotatable bonds is 7. The summed E-state index contributed by atoms with van der Waals surface area (Å²) < 4.78 is 0. The van der Waals surface area contributed by atoms with E-state index in [0.717, 1.165) is 12.1 Å². The van der Waals surface area contributed by atoms with Crippen LogP contribution in [0.15, 0.2) is 48.5 Å². The van der Waals surface area contributed by atoms with Crippen LogP contribution in [0, 0.1) is 20.2 Å². The highest BCUT2D eigenvalue weighted by Gasteiger charge is 2.16. The van der Waals surface area contributed by atoms with Gasteiger partial charge in [-0.05, 0) is 31.2 Å². The number of nitrogens with one attached hydrogen (secondary N) is 4. The third-order valence-electron chi connectivity index (χ3n) is 3.78. The molecule has 1 atom stereocenters. The molecule has 156 valence electrons. The number of carbonyl (C=O) groups excluding carboxylic acids is 3. The molecule has 4 N–H and O–H groups in total. The highest BCUT2D eigenvalue weighted by molar-refractivity contribution is 5.96. The van der Waals surface area contributed by atoms with Gasteiger partial charge in [-0.25, -0.2) is 5.43 Å². The van der Waals surface area contributed by atoms with Crippen molar-refractivity contribution in [2.45, 2.75) is 13.0 Å². The molecule has 13 heteroatoms. The highest BCUT2D eigenvalue weighted by atomic mass is 16.6. The van der Waals surface area contributed by atoms with Crippen molar-refractivity contribution in [3.8, 4) is 0 Å². The minimum Gasteiger partial charge on any atom is -0.287 e. The Morgan fingerprint density at radius 2 is 1.13 bits per heavy atom. The lowest BCUT2D eigenvalue weighted by Gasteiger charge is -2.15. The second kappa shape index (κ2) is 9.70. The molecule has 0 aliphatic heterocycles. The molecule has 0 spiro atoms. The van der Waals surface area contributed by atoms with E-state index in [9.17, 15) is 34.6 Å². The minimum atomic E-state index is -0.954. The van der Waals surface area contributed by atoms with Crippen molar-refractivity contribution in [3.63, 3.8) is 0 Å². The minimum absolute atomic E-state index is 0.0907. The van der Waals surface area contributed by atoms with Gasteiger partial charge in [0, 0.05) is 35.4 Å². The Morgan fingerprint density at radius 3 is 1.53 bits per heavy atom. The van der Waals surface area contributed by atoms with Gasteiger partial charge in [0.2, 0.25) is 0 Å². The van der Waals surface area contributed by atoms with E-state index in [1.165, 1.54) is 43.3 Å². The van der Waals surface area contributed by atoms with Crippen LogP contribution < -0.4 is 21.7 Å². The number of nitro benzene ring substituents is 2. The number of hydrogen-bond donors (Lipinski definition) is 4. The highest BCUT2D eigenvalue weighted by Crippen LogP contribution is 2.12. The van der Waals surface area contributed by atoms with E-state index in [-0.39, 0.29) is 22.5 Å². The molecule has 0 radical (unpaired) electrons. The van der Waals surface area contributed by atoms with Gasteiger partial charge in [0.25, 0.3) is 29.1 Å². The maximum Gasteiger partial charge on any atom is 0.269 e. The van der Waals surface area contributed by atoms with Crippen LogP contribution in [0.3, 0.4) is 0 Å². The average molecular weight is 416 g/mol. The van der Waals surface area contributed by atoms with Crippen LogP contribution >= 0.6 is 0 Å². The lowest BCUT2D eigenvalue weighted by atomic mass is 10.2. The van der Waals surface area contributed by atoms with Gasteiger partial charge in [-0.15, -0.1) is 0 Å². The van der Waals surface area contributed by atoms with Gasteiger partial charge < -0.3 is 0 Å². The predicted octanol–water partition coefficient (Wildman–Crippen LogP) is 0.587. The summed E-state index contributed by atoms with van der Waals surface area (Å²) in [6, 6.07) is 8.64. The average Bonchev–Trinajstić information content (AvgIpc) is 2.75. The molecule has 0 aliphatic rings. The monoisotopic (exact) mass is 416 g/mol. The lowest BCUT2D eigenvalue weighted by molar-refractivity contribution is -0.385. The summed E-state index contributed by atoms with van der Waals surface area (Å²) in [5.41, 5.74) is 8.85. The van der Waals surface area contributed by atoms with E-state index in [0.29, 0.717) is 0 Å². The molecule has 0 bridgehead atoms. The predicted molar refractivity (Wildman–Crippen MR) is 102 cm³/mol. The third-order valence-corrected chi connectivity index (χ3v) is 3.78. The zero-order valence-corrected chi connectivity index (χ0v) is 15.4. The lowest BCUT2D eigenvalue weighted by Crippen LogP contribution is -2.54. The molecule has 3 amide bonds. The number of hydrazine groups is 2. The Balaban J connectivity index is 1.81. The summed E-state index contributed by atoms with van der Waals surface area (Å²) in [6.07, 6.45) is 0. The van der Waals surface area contributed by atoms with Crippen molar-refractivity contribution in [3.05, 3.63) is 79.9 Å². The summed E-state index contributed by atoms with van der Waals surface area (Å²) >= 11 is 0. The first kappa shape index (κ1) is 21.9. The van der Waals surface area contributed by atoms with Gasteiger partial charge in [-0.3, -0.25) is 50.9 Å². The molecule has 2 rings (SSSR count). The number of carbonyl (C=O) groups is 3. The topological polar surface area (TPSA) is 186 Å². The Bertz CT molecular complexity index is 975. The number of nitrogens with zero attached hydrogens (tertiary/aromatic N) is 2. The molecule has 0 unspecified atom stereocenters. The molecule has 0 aliphatic carbocycles. The van der Waals surface area contributed by atoms with Crippen molar-refractivity contribution < 1.29 is 24.2 Å². The number of hydrogen-bond acceptors (Lipinski definition) is 8.